The molecule has 0 unspecified atom stereocenters. The number of aliphatic imine (C=N–C) groups is 1. The van der Waals surface area contributed by atoms with Crippen molar-refractivity contribution in [3.8, 4) is 5.75 Å². The molecule has 166 valence electrons. The first-order chi connectivity index (χ1) is 14.1. The summed E-state index contributed by atoms with van der Waals surface area (Å²) in [5, 5.41) is 10.2. The van der Waals surface area contributed by atoms with E-state index in [1.807, 2.05) is 20.9 Å². The molecular weight excluding hydrogens is 511 g/mol. The van der Waals surface area contributed by atoms with E-state index in [1.165, 1.54) is 5.56 Å². The van der Waals surface area contributed by atoms with Crippen molar-refractivity contribution in [2.75, 3.05) is 40.0 Å². The van der Waals surface area contributed by atoms with Crippen LogP contribution >= 0.6 is 35.3 Å². The van der Waals surface area contributed by atoms with Crippen LogP contribution in [-0.4, -0.2) is 50.9 Å². The second kappa shape index (κ2) is 12.5. The summed E-state index contributed by atoms with van der Waals surface area (Å²) in [7, 11) is 1.82. The van der Waals surface area contributed by atoms with Crippen molar-refractivity contribution in [3.63, 3.8) is 0 Å². The predicted octanol–water partition coefficient (Wildman–Crippen LogP) is 3.92. The van der Waals surface area contributed by atoms with Gasteiger partial charge in [0.25, 0.3) is 0 Å². The Morgan fingerprint density at radius 1 is 1.23 bits per heavy atom. The summed E-state index contributed by atoms with van der Waals surface area (Å²) in [6.07, 6.45) is 2.87. The van der Waals surface area contributed by atoms with Crippen molar-refractivity contribution < 1.29 is 9.47 Å². The van der Waals surface area contributed by atoms with Crippen molar-refractivity contribution >= 4 is 41.3 Å². The molecule has 1 saturated heterocycles. The number of benzene rings is 1. The van der Waals surface area contributed by atoms with Crippen LogP contribution < -0.4 is 15.4 Å². The van der Waals surface area contributed by atoms with Gasteiger partial charge in [-0.1, -0.05) is 12.1 Å². The number of thiazole rings is 1. The van der Waals surface area contributed by atoms with Gasteiger partial charge in [0.15, 0.2) is 5.96 Å². The van der Waals surface area contributed by atoms with E-state index in [2.05, 4.69) is 50.3 Å². The molecule has 0 amide bonds. The minimum atomic E-state index is 0. The number of nitrogens with one attached hydrogen (secondary N) is 2. The molecule has 0 radical (unpaired) electrons. The Hall–Kier alpha value is -1.39. The van der Waals surface area contributed by atoms with Gasteiger partial charge in [0.05, 0.1) is 17.3 Å². The summed E-state index contributed by atoms with van der Waals surface area (Å²) in [6, 6.07) is 8.52. The lowest BCUT2D eigenvalue weighted by Gasteiger charge is -2.38. The van der Waals surface area contributed by atoms with Crippen LogP contribution in [0.5, 0.6) is 5.75 Å². The molecule has 8 heteroatoms. The lowest BCUT2D eigenvalue weighted by molar-refractivity contribution is 0.0513. The molecule has 1 aromatic heterocycles. The second-order valence-electron chi connectivity index (χ2n) is 7.31. The van der Waals surface area contributed by atoms with Gasteiger partial charge in [0, 0.05) is 50.6 Å². The molecule has 0 spiro atoms. The van der Waals surface area contributed by atoms with Gasteiger partial charge in [-0.2, -0.15) is 0 Å². The number of hydrogen-bond acceptors (Lipinski definition) is 5. The van der Waals surface area contributed by atoms with Crippen LogP contribution in [0.15, 0.2) is 34.6 Å². The van der Waals surface area contributed by atoms with E-state index in [0.29, 0.717) is 6.61 Å². The third-order valence-electron chi connectivity index (χ3n) is 5.39. The monoisotopic (exact) mass is 544 g/mol. The van der Waals surface area contributed by atoms with E-state index in [1.54, 1.807) is 11.3 Å². The molecule has 6 nitrogen and oxygen atoms in total. The van der Waals surface area contributed by atoms with E-state index < -0.39 is 0 Å². The van der Waals surface area contributed by atoms with Gasteiger partial charge in [-0.15, -0.1) is 35.3 Å². The van der Waals surface area contributed by atoms with Crippen molar-refractivity contribution in [2.24, 2.45) is 4.99 Å². The SMILES string of the molecule is CCOc1ccc(C2(CNC(=NC)NCCc3csc(C)n3)CCOCC2)cc1.I. The molecule has 0 saturated carbocycles. The summed E-state index contributed by atoms with van der Waals surface area (Å²) in [5.41, 5.74) is 2.49. The maximum absolute atomic E-state index is 5.65. The van der Waals surface area contributed by atoms with Crippen LogP contribution in [0.3, 0.4) is 0 Å². The average molecular weight is 545 g/mol. The first-order valence-corrected chi connectivity index (χ1v) is 11.2. The van der Waals surface area contributed by atoms with Crippen molar-refractivity contribution in [1.29, 1.82) is 0 Å². The summed E-state index contributed by atoms with van der Waals surface area (Å²) in [5.74, 6) is 1.75. The van der Waals surface area contributed by atoms with Gasteiger partial charge in [0.2, 0.25) is 0 Å². The molecule has 0 aliphatic carbocycles. The minimum absolute atomic E-state index is 0. The molecule has 2 aromatic rings. The second-order valence-corrected chi connectivity index (χ2v) is 8.37. The highest BCUT2D eigenvalue weighted by molar-refractivity contribution is 14.0. The zero-order valence-electron chi connectivity index (χ0n) is 18.1. The molecule has 0 bridgehead atoms. The Morgan fingerprint density at radius 2 is 1.97 bits per heavy atom. The van der Waals surface area contributed by atoms with Crippen molar-refractivity contribution in [1.82, 2.24) is 15.6 Å². The zero-order chi connectivity index (χ0) is 20.5. The number of aryl methyl sites for hydroxylation is 1. The van der Waals surface area contributed by atoms with Gasteiger partial charge in [0.1, 0.15) is 5.75 Å². The highest BCUT2D eigenvalue weighted by Crippen LogP contribution is 2.35. The Labute approximate surface area is 200 Å². The fraction of sp³-hybridized carbons (Fsp3) is 0.545. The van der Waals surface area contributed by atoms with E-state index in [4.69, 9.17) is 9.47 Å². The topological polar surface area (TPSA) is 67.8 Å². The summed E-state index contributed by atoms with van der Waals surface area (Å²) >= 11 is 1.69. The lowest BCUT2D eigenvalue weighted by atomic mass is 9.74. The molecule has 1 aliphatic rings. The maximum atomic E-state index is 5.65. The molecule has 1 fully saturated rings. The van der Waals surface area contributed by atoms with E-state index in [-0.39, 0.29) is 29.4 Å². The van der Waals surface area contributed by atoms with Crippen LogP contribution in [0.1, 0.15) is 36.0 Å². The van der Waals surface area contributed by atoms with E-state index in [0.717, 1.165) is 68.0 Å². The number of ether oxygens (including phenoxy) is 2. The lowest BCUT2D eigenvalue weighted by Crippen LogP contribution is -2.48. The number of aromatic nitrogens is 1. The molecule has 1 aromatic carbocycles. The highest BCUT2D eigenvalue weighted by atomic mass is 127. The number of rotatable bonds is 8. The van der Waals surface area contributed by atoms with Gasteiger partial charge >= 0.3 is 0 Å². The largest absolute Gasteiger partial charge is 0.494 e. The Balaban J connectivity index is 0.00000320. The van der Waals surface area contributed by atoms with Crippen LogP contribution in [-0.2, 0) is 16.6 Å². The first-order valence-electron chi connectivity index (χ1n) is 10.3. The number of halogens is 1. The fourth-order valence-electron chi connectivity index (χ4n) is 3.71. The third-order valence-corrected chi connectivity index (χ3v) is 6.21. The Kier molecular flexibility index (Phi) is 10.3. The normalized spacial score (nSPS) is 15.9. The van der Waals surface area contributed by atoms with Crippen molar-refractivity contribution in [2.45, 2.75) is 38.5 Å². The quantitative estimate of drug-likeness (QED) is 0.300. The van der Waals surface area contributed by atoms with E-state index >= 15 is 0 Å². The highest BCUT2D eigenvalue weighted by Gasteiger charge is 2.34. The predicted molar refractivity (Wildman–Crippen MR) is 135 cm³/mol. The number of guanidine groups is 1. The smallest absolute Gasteiger partial charge is 0.191 e. The number of hydrogen-bond donors (Lipinski definition) is 2. The molecule has 2 heterocycles. The Morgan fingerprint density at radius 3 is 2.57 bits per heavy atom. The summed E-state index contributed by atoms with van der Waals surface area (Å²) in [6.45, 7) is 7.92. The minimum Gasteiger partial charge on any atom is -0.494 e. The molecular formula is C22H33IN4O2S. The van der Waals surface area contributed by atoms with Crippen LogP contribution in [0.4, 0.5) is 0 Å². The van der Waals surface area contributed by atoms with Gasteiger partial charge in [-0.05, 0) is 44.4 Å². The van der Waals surface area contributed by atoms with Crippen LogP contribution in [0.2, 0.25) is 0 Å². The summed E-state index contributed by atoms with van der Waals surface area (Å²) < 4.78 is 11.3. The molecule has 1 aliphatic heterocycles. The van der Waals surface area contributed by atoms with E-state index in [9.17, 15) is 0 Å². The number of nitrogens with zero attached hydrogens (tertiary/aromatic N) is 2. The molecule has 30 heavy (non-hydrogen) atoms. The molecule has 3 rings (SSSR count). The standard InChI is InChI=1S/C22H32N4O2S.HI/c1-4-28-20-7-5-18(6-8-20)22(10-13-27-14-11-22)16-25-21(23-3)24-12-9-19-15-29-17(2)26-19;/h5-8,15H,4,9-14,16H2,1-3H3,(H2,23,24,25);1H. The Bertz CT molecular complexity index is 789. The van der Waals surface area contributed by atoms with Crippen LogP contribution in [0, 0.1) is 6.92 Å². The zero-order valence-corrected chi connectivity index (χ0v) is 21.2. The van der Waals surface area contributed by atoms with Gasteiger partial charge in [-0.25, -0.2) is 4.98 Å². The fourth-order valence-corrected chi connectivity index (χ4v) is 4.35. The molecule has 0 atom stereocenters. The molecule has 2 N–H and O–H groups in total. The van der Waals surface area contributed by atoms with Crippen LogP contribution in [0.25, 0.3) is 0 Å². The summed E-state index contributed by atoms with van der Waals surface area (Å²) in [4.78, 5) is 8.92. The first kappa shape index (κ1) is 24.9. The van der Waals surface area contributed by atoms with Gasteiger partial charge in [-0.3, -0.25) is 4.99 Å². The average Bonchev–Trinajstić information content (AvgIpc) is 3.17. The van der Waals surface area contributed by atoms with Gasteiger partial charge < -0.3 is 20.1 Å². The maximum Gasteiger partial charge on any atom is 0.191 e. The van der Waals surface area contributed by atoms with Crippen molar-refractivity contribution in [3.05, 3.63) is 45.9 Å². The third kappa shape index (κ3) is 6.81.